The SMILES string of the molecule is CC(NC(=O)NCCc1ccccc1F)C12CC3CC(CC(C3)C1)C2. The van der Waals surface area contributed by atoms with Crippen LogP contribution in [0, 0.1) is 29.0 Å². The number of hydrogen-bond acceptors (Lipinski definition) is 1. The lowest BCUT2D eigenvalue weighted by Crippen LogP contribution is -2.57. The molecule has 136 valence electrons. The molecule has 1 atom stereocenters. The molecule has 0 aliphatic heterocycles. The standard InChI is InChI=1S/C21H29FN2O/c1-14(21-11-15-8-16(12-21)10-17(9-15)13-21)24-20(25)23-7-6-18-4-2-3-5-19(18)22/h2-5,14-17H,6-13H2,1H3,(H2,23,24,25). The van der Waals surface area contributed by atoms with Crippen LogP contribution in [-0.4, -0.2) is 18.6 Å². The van der Waals surface area contributed by atoms with Gasteiger partial charge in [-0.15, -0.1) is 0 Å². The van der Waals surface area contributed by atoms with Crippen LogP contribution in [-0.2, 0) is 6.42 Å². The molecule has 25 heavy (non-hydrogen) atoms. The van der Waals surface area contributed by atoms with E-state index in [1.165, 1.54) is 44.6 Å². The molecule has 4 fully saturated rings. The van der Waals surface area contributed by atoms with Gasteiger partial charge in [0, 0.05) is 12.6 Å². The molecule has 1 aromatic carbocycles. The van der Waals surface area contributed by atoms with Gasteiger partial charge in [0.05, 0.1) is 0 Å². The molecule has 1 aromatic rings. The van der Waals surface area contributed by atoms with Crippen LogP contribution >= 0.6 is 0 Å². The zero-order valence-corrected chi connectivity index (χ0v) is 15.1. The molecule has 0 radical (unpaired) electrons. The summed E-state index contributed by atoms with van der Waals surface area (Å²) in [6, 6.07) is 6.85. The molecule has 4 heteroatoms. The van der Waals surface area contributed by atoms with Gasteiger partial charge in [-0.2, -0.15) is 0 Å². The highest BCUT2D eigenvalue weighted by molar-refractivity contribution is 5.74. The number of nitrogens with one attached hydrogen (secondary N) is 2. The third-order valence-corrected chi connectivity index (χ3v) is 6.99. The van der Waals surface area contributed by atoms with Gasteiger partial charge in [0.15, 0.2) is 0 Å². The van der Waals surface area contributed by atoms with Crippen molar-refractivity contribution >= 4 is 6.03 Å². The first-order chi connectivity index (χ1) is 12.0. The summed E-state index contributed by atoms with van der Waals surface area (Å²) in [5.41, 5.74) is 0.967. The number of amides is 2. The highest BCUT2D eigenvalue weighted by atomic mass is 19.1. The maximum Gasteiger partial charge on any atom is 0.315 e. The second kappa shape index (κ2) is 6.62. The van der Waals surface area contributed by atoms with Crippen LogP contribution in [0.25, 0.3) is 0 Å². The largest absolute Gasteiger partial charge is 0.338 e. The van der Waals surface area contributed by atoms with Gasteiger partial charge in [-0.05, 0) is 86.7 Å². The molecule has 4 aliphatic rings. The maximum atomic E-state index is 13.6. The fourth-order valence-corrected chi connectivity index (χ4v) is 6.12. The van der Waals surface area contributed by atoms with Gasteiger partial charge < -0.3 is 10.6 Å². The van der Waals surface area contributed by atoms with Crippen molar-refractivity contribution in [2.75, 3.05) is 6.54 Å². The lowest BCUT2D eigenvalue weighted by molar-refractivity contribution is -0.0682. The fraction of sp³-hybridized carbons (Fsp3) is 0.667. The van der Waals surface area contributed by atoms with Gasteiger partial charge in [-0.3, -0.25) is 0 Å². The summed E-state index contributed by atoms with van der Waals surface area (Å²) in [7, 11) is 0. The predicted octanol–water partition coefficient (Wildman–Crippen LogP) is 4.27. The number of halogens is 1. The molecule has 4 saturated carbocycles. The van der Waals surface area contributed by atoms with Crippen molar-refractivity contribution in [1.29, 1.82) is 0 Å². The van der Waals surface area contributed by atoms with Gasteiger partial charge in [-0.25, -0.2) is 9.18 Å². The Labute approximate surface area is 149 Å². The number of carbonyl (C=O) groups is 1. The number of urea groups is 1. The summed E-state index contributed by atoms with van der Waals surface area (Å²) in [4.78, 5) is 12.3. The van der Waals surface area contributed by atoms with Crippen LogP contribution in [0.5, 0.6) is 0 Å². The lowest BCUT2D eigenvalue weighted by atomic mass is 9.48. The summed E-state index contributed by atoms with van der Waals surface area (Å²) in [5, 5.41) is 6.10. The minimum atomic E-state index is -0.202. The Kier molecular flexibility index (Phi) is 4.47. The van der Waals surface area contributed by atoms with E-state index in [1.807, 2.05) is 6.07 Å². The molecule has 0 aromatic heterocycles. The summed E-state index contributed by atoms with van der Waals surface area (Å²) in [6.07, 6.45) is 8.63. The normalized spacial score (nSPS) is 33.9. The fourth-order valence-electron chi connectivity index (χ4n) is 6.12. The molecule has 3 nitrogen and oxygen atoms in total. The van der Waals surface area contributed by atoms with E-state index >= 15 is 0 Å². The second-order valence-corrected chi connectivity index (χ2v) is 8.74. The molecule has 1 unspecified atom stereocenters. The number of carbonyl (C=O) groups excluding carboxylic acids is 1. The lowest BCUT2D eigenvalue weighted by Gasteiger charge is -2.59. The van der Waals surface area contributed by atoms with Crippen molar-refractivity contribution in [3.63, 3.8) is 0 Å². The maximum absolute atomic E-state index is 13.6. The van der Waals surface area contributed by atoms with E-state index in [9.17, 15) is 9.18 Å². The zero-order valence-electron chi connectivity index (χ0n) is 15.1. The van der Waals surface area contributed by atoms with E-state index in [1.54, 1.807) is 12.1 Å². The molecule has 0 heterocycles. The Hall–Kier alpha value is -1.58. The van der Waals surface area contributed by atoms with E-state index < -0.39 is 0 Å². The van der Waals surface area contributed by atoms with Gasteiger partial charge >= 0.3 is 6.03 Å². The van der Waals surface area contributed by atoms with Gasteiger partial charge in [0.25, 0.3) is 0 Å². The molecule has 2 amide bonds. The van der Waals surface area contributed by atoms with Crippen molar-refractivity contribution in [2.24, 2.45) is 23.2 Å². The monoisotopic (exact) mass is 344 g/mol. The molecule has 5 rings (SSSR count). The van der Waals surface area contributed by atoms with E-state index in [0.717, 1.165) is 17.8 Å². The minimum absolute atomic E-state index is 0.111. The summed E-state index contributed by atoms with van der Waals surface area (Å²) < 4.78 is 13.6. The quantitative estimate of drug-likeness (QED) is 0.823. The minimum Gasteiger partial charge on any atom is -0.338 e. The zero-order chi connectivity index (χ0) is 17.4. The number of rotatable bonds is 5. The first-order valence-electron chi connectivity index (χ1n) is 9.82. The van der Waals surface area contributed by atoms with E-state index in [-0.39, 0.29) is 17.9 Å². The Morgan fingerprint density at radius 3 is 2.36 bits per heavy atom. The van der Waals surface area contributed by atoms with Crippen LogP contribution in [0.3, 0.4) is 0 Å². The molecule has 4 bridgehead atoms. The van der Waals surface area contributed by atoms with Crippen molar-refractivity contribution < 1.29 is 9.18 Å². The Balaban J connectivity index is 1.28. The van der Waals surface area contributed by atoms with Crippen molar-refractivity contribution in [3.8, 4) is 0 Å². The van der Waals surface area contributed by atoms with E-state index in [0.29, 0.717) is 23.9 Å². The third kappa shape index (κ3) is 3.40. The van der Waals surface area contributed by atoms with Crippen LogP contribution in [0.4, 0.5) is 9.18 Å². The van der Waals surface area contributed by atoms with Crippen LogP contribution < -0.4 is 10.6 Å². The third-order valence-electron chi connectivity index (χ3n) is 6.99. The smallest absolute Gasteiger partial charge is 0.315 e. The number of hydrogen-bond donors (Lipinski definition) is 2. The first-order valence-corrected chi connectivity index (χ1v) is 9.82. The van der Waals surface area contributed by atoms with Gasteiger partial charge in [-0.1, -0.05) is 18.2 Å². The second-order valence-electron chi connectivity index (χ2n) is 8.74. The highest BCUT2D eigenvalue weighted by Crippen LogP contribution is 2.61. The average Bonchev–Trinajstić information content (AvgIpc) is 2.55. The van der Waals surface area contributed by atoms with Crippen LogP contribution in [0.2, 0.25) is 0 Å². The molecule has 4 aliphatic carbocycles. The first kappa shape index (κ1) is 16.9. The van der Waals surface area contributed by atoms with E-state index in [4.69, 9.17) is 0 Å². The van der Waals surface area contributed by atoms with E-state index in [2.05, 4.69) is 17.6 Å². The molecular formula is C21H29FN2O. The van der Waals surface area contributed by atoms with Crippen molar-refractivity contribution in [3.05, 3.63) is 35.6 Å². The number of benzene rings is 1. The van der Waals surface area contributed by atoms with Crippen molar-refractivity contribution in [2.45, 2.75) is 57.9 Å². The van der Waals surface area contributed by atoms with Gasteiger partial charge in [0.2, 0.25) is 0 Å². The molecule has 0 spiro atoms. The Morgan fingerprint density at radius 2 is 1.76 bits per heavy atom. The Morgan fingerprint density at radius 1 is 1.16 bits per heavy atom. The predicted molar refractivity (Wildman–Crippen MR) is 96.7 cm³/mol. The average molecular weight is 344 g/mol. The summed E-state index contributed by atoms with van der Waals surface area (Å²) in [5.74, 6) is 2.46. The molecular weight excluding hydrogens is 315 g/mol. The van der Waals surface area contributed by atoms with Crippen molar-refractivity contribution in [1.82, 2.24) is 10.6 Å². The molecule has 2 N–H and O–H groups in total. The Bertz CT molecular complexity index is 609. The highest BCUT2D eigenvalue weighted by Gasteiger charge is 2.53. The van der Waals surface area contributed by atoms with Crippen LogP contribution in [0.15, 0.2) is 24.3 Å². The molecule has 0 saturated heterocycles. The topological polar surface area (TPSA) is 41.1 Å². The van der Waals surface area contributed by atoms with Gasteiger partial charge in [0.1, 0.15) is 5.82 Å². The summed E-state index contributed by atoms with van der Waals surface area (Å²) >= 11 is 0. The summed E-state index contributed by atoms with van der Waals surface area (Å²) in [6.45, 7) is 2.64. The van der Waals surface area contributed by atoms with Crippen LogP contribution in [0.1, 0.15) is 51.0 Å².